The van der Waals surface area contributed by atoms with E-state index in [1.165, 1.54) is 83.5 Å². The lowest BCUT2D eigenvalue weighted by Gasteiger charge is -2.15. The van der Waals surface area contributed by atoms with Crippen LogP contribution < -0.4 is 0 Å². The summed E-state index contributed by atoms with van der Waals surface area (Å²) in [6.07, 6.45) is 39.1. The number of carbonyl (C=O) groups excluding carboxylic acids is 2. The monoisotopic (exact) mass is 590 g/mol. The molecule has 0 saturated carbocycles. The number of aliphatic hydroxyl groups excluding tert-OH is 1. The molecule has 0 saturated heterocycles. The zero-order valence-corrected chi connectivity index (χ0v) is 27.5. The van der Waals surface area contributed by atoms with Gasteiger partial charge in [-0.25, -0.2) is 0 Å². The molecule has 0 amide bonds. The van der Waals surface area contributed by atoms with Crippen LogP contribution in [0.15, 0.2) is 36.5 Å². The van der Waals surface area contributed by atoms with E-state index in [0.717, 1.165) is 57.8 Å². The van der Waals surface area contributed by atoms with Gasteiger partial charge in [0.2, 0.25) is 0 Å². The quantitative estimate of drug-likeness (QED) is 0.0494. The summed E-state index contributed by atoms with van der Waals surface area (Å²) in [4.78, 5) is 24.1. The maximum absolute atomic E-state index is 12.1. The summed E-state index contributed by atoms with van der Waals surface area (Å²) in [5.74, 6) is -0.613. The van der Waals surface area contributed by atoms with Gasteiger partial charge in [-0.3, -0.25) is 9.59 Å². The van der Waals surface area contributed by atoms with Crippen LogP contribution >= 0.6 is 0 Å². The van der Waals surface area contributed by atoms with Gasteiger partial charge in [-0.1, -0.05) is 127 Å². The summed E-state index contributed by atoms with van der Waals surface area (Å²) in [5.41, 5.74) is 0. The summed E-state index contributed by atoms with van der Waals surface area (Å²) < 4.78 is 10.5. The number of ether oxygens (including phenoxy) is 2. The first-order valence-electron chi connectivity index (χ1n) is 17.5. The topological polar surface area (TPSA) is 72.8 Å². The lowest BCUT2D eigenvalue weighted by molar-refractivity contribution is -0.161. The fraction of sp³-hybridized carbons (Fsp3) is 0.784. The average molecular weight is 591 g/mol. The van der Waals surface area contributed by atoms with E-state index in [2.05, 4.69) is 50.3 Å². The second-order valence-electron chi connectivity index (χ2n) is 11.6. The Labute approximate surface area is 259 Å². The fourth-order valence-corrected chi connectivity index (χ4v) is 4.68. The van der Waals surface area contributed by atoms with Crippen molar-refractivity contribution < 1.29 is 24.2 Å². The molecule has 1 unspecified atom stereocenters. The van der Waals surface area contributed by atoms with E-state index in [1.807, 2.05) is 0 Å². The number of allylic oxidation sites excluding steroid dienone is 6. The Morgan fingerprint density at radius 2 is 0.976 bits per heavy atom. The zero-order valence-electron chi connectivity index (χ0n) is 27.5. The van der Waals surface area contributed by atoms with Crippen molar-refractivity contribution in [3.8, 4) is 0 Å². The maximum Gasteiger partial charge on any atom is 0.306 e. The largest absolute Gasteiger partial charge is 0.462 e. The minimum Gasteiger partial charge on any atom is -0.462 e. The lowest BCUT2D eigenvalue weighted by Crippen LogP contribution is -2.28. The van der Waals surface area contributed by atoms with Crippen LogP contribution in [0.2, 0.25) is 0 Å². The van der Waals surface area contributed by atoms with E-state index in [0.29, 0.717) is 12.8 Å². The Morgan fingerprint density at radius 3 is 1.50 bits per heavy atom. The number of esters is 2. The van der Waals surface area contributed by atoms with Crippen LogP contribution in [0.25, 0.3) is 0 Å². The highest BCUT2D eigenvalue weighted by Gasteiger charge is 2.16. The summed E-state index contributed by atoms with van der Waals surface area (Å²) in [6, 6.07) is 0. The second-order valence-corrected chi connectivity index (χ2v) is 11.6. The first-order valence-corrected chi connectivity index (χ1v) is 17.5. The highest BCUT2D eigenvalue weighted by molar-refractivity contribution is 5.70. The van der Waals surface area contributed by atoms with Crippen molar-refractivity contribution in [2.45, 2.75) is 174 Å². The molecule has 0 aliphatic rings. The molecule has 0 aliphatic carbocycles. The molecule has 0 spiro atoms. The lowest BCUT2D eigenvalue weighted by atomic mass is 10.1. The van der Waals surface area contributed by atoms with Crippen molar-refractivity contribution >= 4 is 11.9 Å². The minimum absolute atomic E-state index is 0.0729. The molecule has 0 aromatic heterocycles. The summed E-state index contributed by atoms with van der Waals surface area (Å²) >= 11 is 0. The Kier molecular flexibility index (Phi) is 32.1. The summed E-state index contributed by atoms with van der Waals surface area (Å²) in [5, 5.41) is 9.50. The Balaban J connectivity index is 3.59. The molecule has 0 aliphatic heterocycles. The van der Waals surface area contributed by atoms with Gasteiger partial charge in [-0.05, 0) is 64.2 Å². The summed E-state index contributed by atoms with van der Waals surface area (Å²) in [6.45, 7) is 4.04. The van der Waals surface area contributed by atoms with Gasteiger partial charge >= 0.3 is 11.9 Å². The molecule has 0 fully saturated rings. The van der Waals surface area contributed by atoms with Crippen LogP contribution in [-0.2, 0) is 19.1 Å². The number of hydrogen-bond donors (Lipinski definition) is 1. The molecular formula is C37H66O5. The average Bonchev–Trinajstić information content (AvgIpc) is 2.99. The van der Waals surface area contributed by atoms with E-state index in [4.69, 9.17) is 9.47 Å². The van der Waals surface area contributed by atoms with Gasteiger partial charge in [0.25, 0.3) is 0 Å². The van der Waals surface area contributed by atoms with Crippen LogP contribution in [0, 0.1) is 0 Å². The first-order chi connectivity index (χ1) is 20.6. The van der Waals surface area contributed by atoms with Gasteiger partial charge in [0.05, 0.1) is 6.61 Å². The smallest absolute Gasteiger partial charge is 0.306 e. The van der Waals surface area contributed by atoms with E-state index >= 15 is 0 Å². The third-order valence-electron chi connectivity index (χ3n) is 7.41. The van der Waals surface area contributed by atoms with Gasteiger partial charge in [-0.2, -0.15) is 0 Å². The van der Waals surface area contributed by atoms with E-state index in [-0.39, 0.29) is 25.2 Å². The fourth-order valence-electron chi connectivity index (χ4n) is 4.68. The van der Waals surface area contributed by atoms with Crippen molar-refractivity contribution in [1.29, 1.82) is 0 Å². The second kappa shape index (κ2) is 33.6. The van der Waals surface area contributed by atoms with Crippen molar-refractivity contribution in [3.63, 3.8) is 0 Å². The predicted molar refractivity (Wildman–Crippen MR) is 178 cm³/mol. The molecule has 0 rings (SSSR count). The number of aliphatic hydroxyl groups is 1. The van der Waals surface area contributed by atoms with Crippen LogP contribution in [0.3, 0.4) is 0 Å². The molecule has 0 heterocycles. The van der Waals surface area contributed by atoms with Crippen LogP contribution in [0.1, 0.15) is 168 Å². The molecule has 0 bridgehead atoms. The van der Waals surface area contributed by atoms with E-state index in [9.17, 15) is 14.7 Å². The Morgan fingerprint density at radius 1 is 0.548 bits per heavy atom. The van der Waals surface area contributed by atoms with Crippen molar-refractivity contribution in [3.05, 3.63) is 36.5 Å². The van der Waals surface area contributed by atoms with E-state index in [1.54, 1.807) is 0 Å². The number of hydrogen-bond acceptors (Lipinski definition) is 5. The molecular weight excluding hydrogens is 524 g/mol. The van der Waals surface area contributed by atoms with Crippen LogP contribution in [0.5, 0.6) is 0 Å². The molecule has 5 nitrogen and oxygen atoms in total. The van der Waals surface area contributed by atoms with Gasteiger partial charge < -0.3 is 14.6 Å². The molecule has 244 valence electrons. The third kappa shape index (κ3) is 31.1. The van der Waals surface area contributed by atoms with Crippen LogP contribution in [0.4, 0.5) is 0 Å². The maximum atomic E-state index is 12.1. The summed E-state index contributed by atoms with van der Waals surface area (Å²) in [7, 11) is 0. The number of unbranched alkanes of at least 4 members (excludes halogenated alkanes) is 17. The molecule has 0 aromatic rings. The number of carbonyl (C=O) groups is 2. The SMILES string of the molecule is CCCCC=CCCCCCCCC(=O)OC(CO)COC(=O)CCCCCCCCCC=CCC=CCCCCC. The number of rotatable bonds is 31. The molecule has 0 aromatic carbocycles. The Bertz CT molecular complexity index is 682. The minimum atomic E-state index is -0.775. The first kappa shape index (κ1) is 40.1. The van der Waals surface area contributed by atoms with Crippen LogP contribution in [-0.4, -0.2) is 36.4 Å². The predicted octanol–water partition coefficient (Wildman–Crippen LogP) is 10.5. The van der Waals surface area contributed by atoms with Gasteiger partial charge in [-0.15, -0.1) is 0 Å². The highest BCUT2D eigenvalue weighted by atomic mass is 16.6. The highest BCUT2D eigenvalue weighted by Crippen LogP contribution is 2.12. The molecule has 1 atom stereocenters. The molecule has 0 radical (unpaired) electrons. The normalized spacial score (nSPS) is 12.5. The third-order valence-corrected chi connectivity index (χ3v) is 7.41. The van der Waals surface area contributed by atoms with Crippen molar-refractivity contribution in [2.24, 2.45) is 0 Å². The van der Waals surface area contributed by atoms with E-state index < -0.39 is 6.10 Å². The Hall–Kier alpha value is -1.88. The molecule has 5 heteroatoms. The standard InChI is InChI=1S/C37H66O5/c1-3-5-7-9-11-13-15-16-17-18-19-20-22-23-25-27-29-31-36(39)41-34-35(33-38)42-37(40)32-30-28-26-24-21-14-12-10-8-6-4-2/h10-13,16-17,35,38H,3-9,14-15,18-34H2,1-2H3. The zero-order chi connectivity index (χ0) is 30.8. The van der Waals surface area contributed by atoms with Gasteiger partial charge in [0.15, 0.2) is 6.10 Å². The van der Waals surface area contributed by atoms with Gasteiger partial charge in [0, 0.05) is 12.8 Å². The van der Waals surface area contributed by atoms with Crippen molar-refractivity contribution in [2.75, 3.05) is 13.2 Å². The van der Waals surface area contributed by atoms with Gasteiger partial charge in [0.1, 0.15) is 6.61 Å². The molecule has 1 N–H and O–H groups in total. The molecule has 42 heavy (non-hydrogen) atoms. The van der Waals surface area contributed by atoms with Crippen molar-refractivity contribution in [1.82, 2.24) is 0 Å².